The lowest BCUT2D eigenvalue weighted by Gasteiger charge is -2.19. The summed E-state index contributed by atoms with van der Waals surface area (Å²) >= 11 is 3.91. The van der Waals surface area contributed by atoms with Crippen LogP contribution in [0.25, 0.3) is 0 Å². The molecule has 0 radical (unpaired) electrons. The number of aryl methyl sites for hydroxylation is 1. The van der Waals surface area contributed by atoms with Crippen molar-refractivity contribution in [3.8, 4) is 0 Å². The third-order valence-corrected chi connectivity index (χ3v) is 6.93. The standard InChI is InChI=1S/C16H28N2S2/c1-10(17-12-7-8-13(9-12)19-6)14-11(2)18-15(20-14)16(3,4)5/h10,12-13,17H,7-9H2,1-6H3/t10-,12+,13+/m0/s1. The van der Waals surface area contributed by atoms with Crippen LogP contribution >= 0.6 is 23.1 Å². The summed E-state index contributed by atoms with van der Waals surface area (Å²) in [6.07, 6.45) is 6.23. The van der Waals surface area contributed by atoms with Gasteiger partial charge in [-0.15, -0.1) is 11.3 Å². The molecule has 1 aromatic heterocycles. The molecule has 4 heteroatoms. The molecular weight excluding hydrogens is 284 g/mol. The zero-order chi connectivity index (χ0) is 14.9. The fourth-order valence-electron chi connectivity index (χ4n) is 2.87. The molecule has 1 aromatic rings. The van der Waals surface area contributed by atoms with Crippen LogP contribution in [0.2, 0.25) is 0 Å². The Balaban J connectivity index is 2.03. The highest BCUT2D eigenvalue weighted by atomic mass is 32.2. The summed E-state index contributed by atoms with van der Waals surface area (Å²) in [7, 11) is 0. The molecule has 0 unspecified atom stereocenters. The quantitative estimate of drug-likeness (QED) is 0.873. The zero-order valence-corrected chi connectivity index (χ0v) is 15.3. The fourth-order valence-corrected chi connectivity index (χ4v) is 4.80. The van der Waals surface area contributed by atoms with Gasteiger partial charge in [-0.25, -0.2) is 4.98 Å². The van der Waals surface area contributed by atoms with E-state index in [4.69, 9.17) is 4.98 Å². The van der Waals surface area contributed by atoms with Gasteiger partial charge in [0, 0.05) is 27.6 Å². The summed E-state index contributed by atoms with van der Waals surface area (Å²) in [6, 6.07) is 1.11. The van der Waals surface area contributed by atoms with E-state index in [9.17, 15) is 0 Å². The minimum Gasteiger partial charge on any atom is -0.307 e. The van der Waals surface area contributed by atoms with Crippen LogP contribution in [0.15, 0.2) is 0 Å². The van der Waals surface area contributed by atoms with Gasteiger partial charge in [-0.1, -0.05) is 20.8 Å². The summed E-state index contributed by atoms with van der Waals surface area (Å²) < 4.78 is 0. The molecule has 2 nitrogen and oxygen atoms in total. The highest BCUT2D eigenvalue weighted by Crippen LogP contribution is 2.34. The van der Waals surface area contributed by atoms with Crippen molar-refractivity contribution < 1.29 is 0 Å². The van der Waals surface area contributed by atoms with Gasteiger partial charge in [-0.05, 0) is 39.4 Å². The van der Waals surface area contributed by atoms with E-state index in [0.29, 0.717) is 12.1 Å². The largest absolute Gasteiger partial charge is 0.307 e. The molecule has 1 saturated carbocycles. The van der Waals surface area contributed by atoms with Crippen LogP contribution in [0.4, 0.5) is 0 Å². The lowest BCUT2D eigenvalue weighted by atomic mass is 9.98. The molecule has 1 heterocycles. The Hall–Kier alpha value is -0.0600. The van der Waals surface area contributed by atoms with E-state index >= 15 is 0 Å². The molecule has 1 aliphatic carbocycles. The summed E-state index contributed by atoms with van der Waals surface area (Å²) in [6.45, 7) is 11.2. The van der Waals surface area contributed by atoms with Crippen LogP contribution in [-0.2, 0) is 5.41 Å². The maximum atomic E-state index is 4.78. The number of hydrogen-bond acceptors (Lipinski definition) is 4. The molecule has 1 fully saturated rings. The van der Waals surface area contributed by atoms with E-state index in [1.165, 1.54) is 34.8 Å². The fraction of sp³-hybridized carbons (Fsp3) is 0.812. The molecule has 0 amide bonds. The molecule has 1 aliphatic rings. The number of rotatable bonds is 4. The summed E-state index contributed by atoms with van der Waals surface area (Å²) in [5, 5.41) is 5.93. The number of aromatic nitrogens is 1. The third-order valence-electron chi connectivity index (χ3n) is 4.07. The van der Waals surface area contributed by atoms with E-state index in [0.717, 1.165) is 5.25 Å². The molecule has 0 aliphatic heterocycles. The Morgan fingerprint density at radius 2 is 2.05 bits per heavy atom. The van der Waals surface area contributed by atoms with Crippen molar-refractivity contribution in [1.82, 2.24) is 10.3 Å². The van der Waals surface area contributed by atoms with Gasteiger partial charge in [-0.2, -0.15) is 11.8 Å². The van der Waals surface area contributed by atoms with Crippen molar-refractivity contribution in [2.45, 2.75) is 76.6 Å². The maximum Gasteiger partial charge on any atom is 0.0985 e. The average molecular weight is 313 g/mol. The lowest BCUT2D eigenvalue weighted by molar-refractivity contribution is 0.465. The molecule has 3 atom stereocenters. The maximum absolute atomic E-state index is 4.78. The first-order valence-electron chi connectivity index (χ1n) is 7.58. The first-order chi connectivity index (χ1) is 9.31. The van der Waals surface area contributed by atoms with E-state index in [-0.39, 0.29) is 5.41 Å². The van der Waals surface area contributed by atoms with Crippen LogP contribution in [0.5, 0.6) is 0 Å². The predicted molar refractivity (Wildman–Crippen MR) is 92.0 cm³/mol. The van der Waals surface area contributed by atoms with E-state index < -0.39 is 0 Å². The minimum absolute atomic E-state index is 0.157. The van der Waals surface area contributed by atoms with Crippen molar-refractivity contribution >= 4 is 23.1 Å². The smallest absolute Gasteiger partial charge is 0.0985 e. The second-order valence-electron chi connectivity index (χ2n) is 6.97. The second-order valence-corrected chi connectivity index (χ2v) is 9.14. The highest BCUT2D eigenvalue weighted by Gasteiger charge is 2.27. The molecule has 2 rings (SSSR count). The molecule has 0 bridgehead atoms. The minimum atomic E-state index is 0.157. The highest BCUT2D eigenvalue weighted by molar-refractivity contribution is 7.99. The van der Waals surface area contributed by atoms with Gasteiger partial charge in [-0.3, -0.25) is 0 Å². The van der Waals surface area contributed by atoms with Gasteiger partial charge in [0.2, 0.25) is 0 Å². The number of nitrogens with zero attached hydrogens (tertiary/aromatic N) is 1. The van der Waals surface area contributed by atoms with E-state index in [1.807, 2.05) is 23.1 Å². The molecule has 0 saturated heterocycles. The first-order valence-corrected chi connectivity index (χ1v) is 9.68. The summed E-state index contributed by atoms with van der Waals surface area (Å²) in [5.74, 6) is 0. The van der Waals surface area contributed by atoms with Crippen LogP contribution in [-0.4, -0.2) is 22.5 Å². The van der Waals surface area contributed by atoms with Gasteiger partial charge in [0.05, 0.1) is 10.7 Å². The zero-order valence-electron chi connectivity index (χ0n) is 13.6. The Kier molecular flexibility index (Phi) is 5.19. The monoisotopic (exact) mass is 312 g/mol. The Bertz CT molecular complexity index is 448. The predicted octanol–water partition coefficient (Wildman–Crippen LogP) is 4.68. The molecule has 0 spiro atoms. The topological polar surface area (TPSA) is 24.9 Å². The summed E-state index contributed by atoms with van der Waals surface area (Å²) in [5.41, 5.74) is 1.37. The van der Waals surface area contributed by atoms with Crippen LogP contribution in [0, 0.1) is 6.92 Å². The van der Waals surface area contributed by atoms with Gasteiger partial charge < -0.3 is 5.32 Å². The van der Waals surface area contributed by atoms with Gasteiger partial charge >= 0.3 is 0 Å². The van der Waals surface area contributed by atoms with Crippen molar-refractivity contribution in [2.24, 2.45) is 0 Å². The summed E-state index contributed by atoms with van der Waals surface area (Å²) in [4.78, 5) is 6.20. The lowest BCUT2D eigenvalue weighted by Crippen LogP contribution is -2.29. The Labute approximate surface area is 132 Å². The van der Waals surface area contributed by atoms with E-state index in [1.54, 1.807) is 0 Å². The van der Waals surface area contributed by atoms with Crippen molar-refractivity contribution in [3.05, 3.63) is 15.6 Å². The van der Waals surface area contributed by atoms with Gasteiger partial charge in [0.15, 0.2) is 0 Å². The van der Waals surface area contributed by atoms with Crippen molar-refractivity contribution in [3.63, 3.8) is 0 Å². The van der Waals surface area contributed by atoms with Crippen LogP contribution in [0.3, 0.4) is 0 Å². The van der Waals surface area contributed by atoms with Gasteiger partial charge in [0.1, 0.15) is 0 Å². The molecule has 114 valence electrons. The molecule has 0 aromatic carbocycles. The normalized spacial score (nSPS) is 25.1. The van der Waals surface area contributed by atoms with Crippen LogP contribution in [0.1, 0.15) is 68.6 Å². The van der Waals surface area contributed by atoms with Crippen LogP contribution < -0.4 is 5.32 Å². The average Bonchev–Trinajstić information content (AvgIpc) is 2.94. The first kappa shape index (κ1) is 16.3. The third kappa shape index (κ3) is 3.77. The number of thioether (sulfide) groups is 1. The molecular formula is C16H28N2S2. The molecule has 1 N–H and O–H groups in total. The molecule has 20 heavy (non-hydrogen) atoms. The number of hydrogen-bond donors (Lipinski definition) is 1. The van der Waals surface area contributed by atoms with E-state index in [2.05, 4.69) is 46.2 Å². The Morgan fingerprint density at radius 3 is 2.55 bits per heavy atom. The number of nitrogens with one attached hydrogen (secondary N) is 1. The SMILES string of the molecule is CS[C@@H]1CC[C@@H](N[C@@H](C)c2sc(C(C)(C)C)nc2C)C1. The van der Waals surface area contributed by atoms with Crippen molar-refractivity contribution in [1.29, 1.82) is 0 Å². The Morgan fingerprint density at radius 1 is 1.35 bits per heavy atom. The second kappa shape index (κ2) is 6.37. The van der Waals surface area contributed by atoms with Gasteiger partial charge in [0.25, 0.3) is 0 Å². The number of thiazole rings is 1. The van der Waals surface area contributed by atoms with Crippen molar-refractivity contribution in [2.75, 3.05) is 6.26 Å².